The second-order valence-corrected chi connectivity index (χ2v) is 6.88. The van der Waals surface area contributed by atoms with E-state index in [4.69, 9.17) is 0 Å². The zero-order valence-corrected chi connectivity index (χ0v) is 11.4. The molecule has 16 heavy (non-hydrogen) atoms. The zero-order valence-electron chi connectivity index (χ0n) is 11.4. The van der Waals surface area contributed by atoms with Gasteiger partial charge >= 0.3 is 0 Å². The first kappa shape index (κ1) is 12.4. The van der Waals surface area contributed by atoms with Crippen molar-refractivity contribution in [2.24, 2.45) is 17.3 Å². The van der Waals surface area contributed by atoms with Crippen LogP contribution in [0.2, 0.25) is 0 Å². The average molecular weight is 224 g/mol. The molecule has 0 aromatic heterocycles. The van der Waals surface area contributed by atoms with Crippen LogP contribution in [-0.2, 0) is 0 Å². The van der Waals surface area contributed by atoms with E-state index in [1.165, 1.54) is 39.0 Å². The number of piperidine rings is 1. The fourth-order valence-corrected chi connectivity index (χ4v) is 3.26. The molecule has 0 saturated carbocycles. The lowest BCUT2D eigenvalue weighted by Crippen LogP contribution is -2.49. The summed E-state index contributed by atoms with van der Waals surface area (Å²) in [6.07, 6.45) is 2.74. The topological polar surface area (TPSA) is 15.3 Å². The van der Waals surface area contributed by atoms with Crippen LogP contribution in [0.4, 0.5) is 0 Å². The molecule has 2 heteroatoms. The number of rotatable bonds is 1. The molecule has 0 aromatic rings. The van der Waals surface area contributed by atoms with Crippen molar-refractivity contribution in [2.45, 2.75) is 46.6 Å². The highest BCUT2D eigenvalue weighted by atomic mass is 15.2. The first-order chi connectivity index (χ1) is 7.48. The monoisotopic (exact) mass is 224 g/mol. The molecule has 2 nitrogen and oxygen atoms in total. The summed E-state index contributed by atoms with van der Waals surface area (Å²) < 4.78 is 0. The van der Waals surface area contributed by atoms with Crippen molar-refractivity contribution in [1.82, 2.24) is 10.2 Å². The molecule has 0 bridgehead atoms. The molecule has 2 aliphatic heterocycles. The second kappa shape index (κ2) is 4.66. The molecule has 2 rings (SSSR count). The van der Waals surface area contributed by atoms with Crippen molar-refractivity contribution in [3.05, 3.63) is 0 Å². The summed E-state index contributed by atoms with van der Waals surface area (Å²) in [6.45, 7) is 14.7. The molecular weight excluding hydrogens is 196 g/mol. The predicted octanol–water partition coefficient (Wildman–Crippen LogP) is 2.35. The highest BCUT2D eigenvalue weighted by molar-refractivity contribution is 4.91. The minimum Gasteiger partial charge on any atom is -0.315 e. The van der Waals surface area contributed by atoms with Crippen LogP contribution in [0.5, 0.6) is 0 Å². The van der Waals surface area contributed by atoms with Crippen LogP contribution in [0.1, 0.15) is 40.5 Å². The molecule has 0 aliphatic carbocycles. The van der Waals surface area contributed by atoms with E-state index in [1.54, 1.807) is 0 Å². The first-order valence-corrected chi connectivity index (χ1v) is 6.93. The van der Waals surface area contributed by atoms with Gasteiger partial charge in [0.05, 0.1) is 0 Å². The van der Waals surface area contributed by atoms with Crippen molar-refractivity contribution < 1.29 is 0 Å². The van der Waals surface area contributed by atoms with E-state index in [-0.39, 0.29) is 0 Å². The van der Waals surface area contributed by atoms with Crippen molar-refractivity contribution in [1.29, 1.82) is 0 Å². The van der Waals surface area contributed by atoms with Gasteiger partial charge < -0.3 is 5.32 Å². The Morgan fingerprint density at radius 3 is 2.50 bits per heavy atom. The first-order valence-electron chi connectivity index (χ1n) is 6.93. The van der Waals surface area contributed by atoms with Crippen molar-refractivity contribution in [3.63, 3.8) is 0 Å². The summed E-state index contributed by atoms with van der Waals surface area (Å²) in [5, 5.41) is 3.55. The Morgan fingerprint density at radius 1 is 1.19 bits per heavy atom. The fourth-order valence-electron chi connectivity index (χ4n) is 3.26. The number of likely N-dealkylation sites (tertiary alicyclic amines) is 1. The third kappa shape index (κ3) is 2.60. The molecule has 2 heterocycles. The van der Waals surface area contributed by atoms with Gasteiger partial charge in [-0.25, -0.2) is 0 Å². The Bertz CT molecular complexity index is 231. The van der Waals surface area contributed by atoms with Gasteiger partial charge in [0.25, 0.3) is 0 Å². The normalized spacial score (nSPS) is 37.9. The largest absolute Gasteiger partial charge is 0.315 e. The molecule has 2 aliphatic rings. The maximum atomic E-state index is 3.55. The zero-order chi connectivity index (χ0) is 11.8. The van der Waals surface area contributed by atoms with Crippen LogP contribution in [0.15, 0.2) is 0 Å². The number of hydrogen-bond acceptors (Lipinski definition) is 2. The number of nitrogens with one attached hydrogen (secondary N) is 1. The Balaban J connectivity index is 1.92. The van der Waals surface area contributed by atoms with Crippen LogP contribution in [-0.4, -0.2) is 37.1 Å². The summed E-state index contributed by atoms with van der Waals surface area (Å²) in [5.41, 5.74) is 0.486. The van der Waals surface area contributed by atoms with Gasteiger partial charge in [0, 0.05) is 19.1 Å². The minimum atomic E-state index is 0.486. The lowest BCUT2D eigenvalue weighted by atomic mass is 9.80. The summed E-state index contributed by atoms with van der Waals surface area (Å²) >= 11 is 0. The minimum absolute atomic E-state index is 0.486. The molecular formula is C14H28N2. The summed E-state index contributed by atoms with van der Waals surface area (Å²) in [7, 11) is 0. The van der Waals surface area contributed by atoms with Crippen molar-refractivity contribution in [3.8, 4) is 0 Å². The summed E-state index contributed by atoms with van der Waals surface area (Å²) in [5.74, 6) is 1.77. The molecule has 1 N–H and O–H groups in total. The smallest absolute Gasteiger partial charge is 0.0246 e. The van der Waals surface area contributed by atoms with E-state index in [0.29, 0.717) is 5.41 Å². The van der Waals surface area contributed by atoms with Crippen LogP contribution < -0.4 is 5.32 Å². The van der Waals surface area contributed by atoms with E-state index in [0.717, 1.165) is 17.9 Å². The van der Waals surface area contributed by atoms with Crippen LogP contribution in [0.3, 0.4) is 0 Å². The molecule has 0 aromatic carbocycles. The molecule has 3 atom stereocenters. The number of nitrogens with zero attached hydrogens (tertiary/aromatic N) is 1. The Hall–Kier alpha value is -0.0800. The lowest BCUT2D eigenvalue weighted by Gasteiger charge is -2.37. The number of hydrogen-bond donors (Lipinski definition) is 1. The van der Waals surface area contributed by atoms with E-state index >= 15 is 0 Å². The third-order valence-corrected chi connectivity index (χ3v) is 4.70. The van der Waals surface area contributed by atoms with E-state index in [1.807, 2.05) is 0 Å². The van der Waals surface area contributed by atoms with Gasteiger partial charge in [0.15, 0.2) is 0 Å². The van der Waals surface area contributed by atoms with Gasteiger partial charge in [-0.15, -0.1) is 0 Å². The van der Waals surface area contributed by atoms with Crippen LogP contribution in [0, 0.1) is 17.3 Å². The van der Waals surface area contributed by atoms with E-state index < -0.39 is 0 Å². The van der Waals surface area contributed by atoms with Crippen LogP contribution in [0.25, 0.3) is 0 Å². The molecule has 0 amide bonds. The standard InChI is InChI=1S/C14H28N2/c1-11-5-7-15-9-13(11)16-8-6-12(10-16)14(2,3)4/h11-13,15H,5-10H2,1-4H3. The maximum Gasteiger partial charge on any atom is 0.0246 e. The lowest BCUT2D eigenvalue weighted by molar-refractivity contribution is 0.133. The van der Waals surface area contributed by atoms with Crippen molar-refractivity contribution in [2.75, 3.05) is 26.2 Å². The molecule has 3 unspecified atom stereocenters. The Labute approximate surface area is 101 Å². The Morgan fingerprint density at radius 2 is 1.94 bits per heavy atom. The molecule has 2 saturated heterocycles. The maximum absolute atomic E-state index is 3.55. The average Bonchev–Trinajstić information content (AvgIpc) is 2.66. The molecule has 2 fully saturated rings. The summed E-state index contributed by atoms with van der Waals surface area (Å²) in [4.78, 5) is 2.74. The second-order valence-electron chi connectivity index (χ2n) is 6.88. The van der Waals surface area contributed by atoms with E-state index in [2.05, 4.69) is 37.9 Å². The van der Waals surface area contributed by atoms with Crippen molar-refractivity contribution >= 4 is 0 Å². The summed E-state index contributed by atoms with van der Waals surface area (Å²) in [6, 6.07) is 0.793. The molecule has 94 valence electrons. The highest BCUT2D eigenvalue weighted by Crippen LogP contribution is 2.35. The van der Waals surface area contributed by atoms with Gasteiger partial charge in [0.2, 0.25) is 0 Å². The van der Waals surface area contributed by atoms with Gasteiger partial charge in [-0.3, -0.25) is 4.90 Å². The van der Waals surface area contributed by atoms with Crippen LogP contribution >= 0.6 is 0 Å². The van der Waals surface area contributed by atoms with Gasteiger partial charge in [-0.1, -0.05) is 27.7 Å². The SMILES string of the molecule is CC1CCNCC1N1CCC(C(C)(C)C)C1. The molecule has 0 radical (unpaired) electrons. The Kier molecular flexibility index (Phi) is 3.60. The predicted molar refractivity (Wildman–Crippen MR) is 69.6 cm³/mol. The quantitative estimate of drug-likeness (QED) is 0.735. The van der Waals surface area contributed by atoms with E-state index in [9.17, 15) is 0 Å². The van der Waals surface area contributed by atoms with Gasteiger partial charge in [-0.2, -0.15) is 0 Å². The van der Waals surface area contributed by atoms with Gasteiger partial charge in [0.1, 0.15) is 0 Å². The third-order valence-electron chi connectivity index (χ3n) is 4.70. The molecule has 0 spiro atoms. The fraction of sp³-hybridized carbons (Fsp3) is 1.00. The van der Waals surface area contributed by atoms with Gasteiger partial charge in [-0.05, 0) is 43.2 Å². The highest BCUT2D eigenvalue weighted by Gasteiger charge is 2.36.